The molecule has 3 rings (SSSR count). The second-order valence-corrected chi connectivity index (χ2v) is 13.4. The maximum Gasteiger partial charge on any atom is 0.264 e. The van der Waals surface area contributed by atoms with Crippen molar-refractivity contribution in [2.24, 2.45) is 0 Å². The lowest BCUT2D eigenvalue weighted by Crippen LogP contribution is -2.54. The van der Waals surface area contributed by atoms with Crippen LogP contribution in [-0.2, 0) is 26.2 Å². The van der Waals surface area contributed by atoms with Crippen LogP contribution in [0.5, 0.6) is 5.75 Å². The molecule has 3 aromatic rings. The minimum Gasteiger partial charge on any atom is -0.497 e. The van der Waals surface area contributed by atoms with Gasteiger partial charge in [0.15, 0.2) is 0 Å². The van der Waals surface area contributed by atoms with Gasteiger partial charge in [-0.1, -0.05) is 45.8 Å². The summed E-state index contributed by atoms with van der Waals surface area (Å²) in [6.07, 6.45) is 0. The largest absolute Gasteiger partial charge is 0.497 e. The lowest BCUT2D eigenvalue weighted by molar-refractivity contribution is -0.140. The van der Waals surface area contributed by atoms with Crippen molar-refractivity contribution in [3.8, 4) is 5.75 Å². The van der Waals surface area contributed by atoms with Crippen molar-refractivity contribution in [1.29, 1.82) is 0 Å². The van der Waals surface area contributed by atoms with E-state index in [-0.39, 0.29) is 17.3 Å². The second-order valence-electron chi connectivity index (χ2n) is 10.6. The lowest BCUT2D eigenvalue weighted by Gasteiger charge is -2.33. The fourth-order valence-corrected chi connectivity index (χ4v) is 5.64. The van der Waals surface area contributed by atoms with Crippen LogP contribution in [-0.4, -0.2) is 50.4 Å². The summed E-state index contributed by atoms with van der Waals surface area (Å²) in [6, 6.07) is 19.4. The fraction of sp³-hybridized carbons (Fsp3) is 0.333. The number of hydrogen-bond acceptors (Lipinski definition) is 5. The van der Waals surface area contributed by atoms with E-state index in [1.54, 1.807) is 43.3 Å². The zero-order valence-corrected chi connectivity index (χ0v) is 26.0. The Morgan fingerprint density at radius 2 is 1.52 bits per heavy atom. The number of benzene rings is 3. The van der Waals surface area contributed by atoms with Gasteiger partial charge in [-0.05, 0) is 88.7 Å². The Hall–Kier alpha value is -3.37. The first kappa shape index (κ1) is 31.2. The van der Waals surface area contributed by atoms with Crippen LogP contribution in [0.1, 0.15) is 38.8 Å². The molecule has 2 amide bonds. The first-order valence-electron chi connectivity index (χ1n) is 12.8. The highest BCUT2D eigenvalue weighted by molar-refractivity contribution is 9.10. The van der Waals surface area contributed by atoms with Crippen LogP contribution in [0.4, 0.5) is 5.69 Å². The van der Waals surface area contributed by atoms with Gasteiger partial charge in [-0.15, -0.1) is 0 Å². The number of carbonyl (C=O) groups is 2. The van der Waals surface area contributed by atoms with Crippen molar-refractivity contribution < 1.29 is 22.7 Å². The molecule has 0 saturated heterocycles. The van der Waals surface area contributed by atoms with Gasteiger partial charge in [0, 0.05) is 16.6 Å². The molecule has 0 heterocycles. The molecule has 0 saturated carbocycles. The van der Waals surface area contributed by atoms with Crippen LogP contribution in [0.3, 0.4) is 0 Å². The minimum atomic E-state index is -4.15. The topological polar surface area (TPSA) is 96.0 Å². The van der Waals surface area contributed by atoms with Gasteiger partial charge >= 0.3 is 0 Å². The van der Waals surface area contributed by atoms with Crippen LogP contribution < -0.4 is 14.4 Å². The van der Waals surface area contributed by atoms with Crippen LogP contribution in [0, 0.1) is 6.92 Å². The average molecular weight is 631 g/mol. The first-order valence-corrected chi connectivity index (χ1v) is 15.0. The quantitative estimate of drug-likeness (QED) is 0.329. The molecule has 0 aliphatic heterocycles. The highest BCUT2D eigenvalue weighted by atomic mass is 79.9. The predicted molar refractivity (Wildman–Crippen MR) is 161 cm³/mol. The molecule has 0 spiro atoms. The van der Waals surface area contributed by atoms with Crippen molar-refractivity contribution in [1.82, 2.24) is 10.2 Å². The van der Waals surface area contributed by atoms with Gasteiger partial charge in [0.05, 0.1) is 17.7 Å². The number of methoxy groups -OCH3 is 1. The van der Waals surface area contributed by atoms with Crippen molar-refractivity contribution in [3.05, 3.63) is 88.4 Å². The molecule has 10 heteroatoms. The third-order valence-corrected chi connectivity index (χ3v) is 8.50. The lowest BCUT2D eigenvalue weighted by atomic mass is 10.1. The number of rotatable bonds is 10. The molecule has 8 nitrogen and oxygen atoms in total. The molecule has 1 atom stereocenters. The van der Waals surface area contributed by atoms with Gasteiger partial charge in [0.1, 0.15) is 18.3 Å². The third-order valence-electron chi connectivity index (χ3n) is 6.18. The Balaban J connectivity index is 2.03. The van der Waals surface area contributed by atoms with E-state index in [2.05, 4.69) is 21.2 Å². The van der Waals surface area contributed by atoms with E-state index < -0.39 is 34.1 Å². The van der Waals surface area contributed by atoms with Crippen LogP contribution in [0.2, 0.25) is 0 Å². The molecule has 0 aromatic heterocycles. The number of carbonyl (C=O) groups excluding carboxylic acids is 2. The molecule has 214 valence electrons. The highest BCUT2D eigenvalue weighted by Crippen LogP contribution is 2.26. The normalized spacial score (nSPS) is 12.4. The van der Waals surface area contributed by atoms with Crippen molar-refractivity contribution >= 4 is 43.5 Å². The number of ether oxygens (including phenoxy) is 1. The number of hydrogen-bond donors (Lipinski definition) is 1. The molecular formula is C30H36BrN3O5S. The average Bonchev–Trinajstić information content (AvgIpc) is 2.90. The van der Waals surface area contributed by atoms with Gasteiger partial charge in [0.25, 0.3) is 10.0 Å². The zero-order chi connectivity index (χ0) is 29.7. The summed E-state index contributed by atoms with van der Waals surface area (Å²) in [5.74, 6) is -0.341. The standard InChI is InChI=1S/C30H36BrN3O5S/c1-21-7-13-25(14-8-21)34(40(37,38)27-17-15-26(39-6)16-18-27)20-28(35)33(19-23-9-11-24(31)12-10-23)22(2)29(36)32-30(3,4)5/h7-18,22H,19-20H2,1-6H3,(H,32,36)/t22-/m1/s1. The molecule has 0 aliphatic rings. The van der Waals surface area contributed by atoms with Crippen molar-refractivity contribution in [3.63, 3.8) is 0 Å². The summed E-state index contributed by atoms with van der Waals surface area (Å²) < 4.78 is 34.9. The van der Waals surface area contributed by atoms with Crippen molar-refractivity contribution in [2.75, 3.05) is 18.0 Å². The van der Waals surface area contributed by atoms with Gasteiger partial charge in [-0.3, -0.25) is 13.9 Å². The number of nitrogens with one attached hydrogen (secondary N) is 1. The number of amides is 2. The Kier molecular flexibility index (Phi) is 10.0. The van der Waals surface area contributed by atoms with Crippen LogP contribution in [0.15, 0.2) is 82.2 Å². The summed E-state index contributed by atoms with van der Waals surface area (Å²) in [6.45, 7) is 8.74. The summed E-state index contributed by atoms with van der Waals surface area (Å²) in [5.41, 5.74) is 1.57. The molecule has 0 bridgehead atoms. The van der Waals surface area contributed by atoms with Gasteiger partial charge in [-0.2, -0.15) is 0 Å². The minimum absolute atomic E-state index is 0.0136. The number of sulfonamides is 1. The molecule has 40 heavy (non-hydrogen) atoms. The molecule has 0 aliphatic carbocycles. The predicted octanol–water partition coefficient (Wildman–Crippen LogP) is 5.29. The molecule has 0 radical (unpaired) electrons. The van der Waals surface area contributed by atoms with Gasteiger partial charge in [-0.25, -0.2) is 8.42 Å². The third kappa shape index (κ3) is 8.08. The van der Waals surface area contributed by atoms with E-state index >= 15 is 0 Å². The van der Waals surface area contributed by atoms with Gasteiger partial charge in [0.2, 0.25) is 11.8 Å². The molecule has 1 N–H and O–H groups in total. The Morgan fingerprint density at radius 3 is 2.05 bits per heavy atom. The second kappa shape index (κ2) is 12.9. The van der Waals surface area contributed by atoms with Gasteiger partial charge < -0.3 is 15.0 Å². The molecular weight excluding hydrogens is 594 g/mol. The van der Waals surface area contributed by atoms with E-state index in [1.165, 1.54) is 24.1 Å². The Morgan fingerprint density at radius 1 is 0.950 bits per heavy atom. The summed E-state index contributed by atoms with van der Waals surface area (Å²) in [5, 5.41) is 2.92. The smallest absolute Gasteiger partial charge is 0.264 e. The van der Waals surface area contributed by atoms with E-state index in [0.717, 1.165) is 19.9 Å². The SMILES string of the molecule is COc1ccc(S(=O)(=O)N(CC(=O)N(Cc2ccc(Br)cc2)[C@H](C)C(=O)NC(C)(C)C)c2ccc(C)cc2)cc1. The Bertz CT molecular complexity index is 1420. The summed E-state index contributed by atoms with van der Waals surface area (Å²) in [7, 11) is -2.65. The summed E-state index contributed by atoms with van der Waals surface area (Å²) in [4.78, 5) is 28.6. The zero-order valence-electron chi connectivity index (χ0n) is 23.6. The van der Waals surface area contributed by atoms with Crippen LogP contribution in [0.25, 0.3) is 0 Å². The number of nitrogens with zero attached hydrogens (tertiary/aromatic N) is 2. The van der Waals surface area contributed by atoms with E-state index in [1.807, 2.05) is 52.0 Å². The fourth-order valence-electron chi connectivity index (χ4n) is 3.96. The van der Waals surface area contributed by atoms with Crippen LogP contribution >= 0.6 is 15.9 Å². The van der Waals surface area contributed by atoms with E-state index in [0.29, 0.717) is 11.4 Å². The van der Waals surface area contributed by atoms with Crippen molar-refractivity contribution in [2.45, 2.75) is 57.6 Å². The molecule has 0 unspecified atom stereocenters. The number of halogens is 1. The summed E-state index contributed by atoms with van der Waals surface area (Å²) >= 11 is 3.42. The highest BCUT2D eigenvalue weighted by Gasteiger charge is 2.33. The molecule has 3 aromatic carbocycles. The number of anilines is 1. The maximum atomic E-state index is 14.0. The number of aryl methyl sites for hydroxylation is 1. The first-order chi connectivity index (χ1) is 18.7. The molecule has 0 fully saturated rings. The maximum absolute atomic E-state index is 14.0. The Labute approximate surface area is 245 Å². The van der Waals surface area contributed by atoms with E-state index in [9.17, 15) is 18.0 Å². The van der Waals surface area contributed by atoms with E-state index in [4.69, 9.17) is 4.74 Å². The monoisotopic (exact) mass is 629 g/mol.